The SMILES string of the molecule is COc1ccc(C(c2ccccc2)(c2ccc(OC)cc2)C(C#N)C[Se]OC[C@@H]2O[C@H](n3ccc(=O)[nH]c3=O)CC2O)cc1. The molecule has 1 aliphatic heterocycles. The monoisotopic (exact) mass is 663 g/mol. The molecule has 0 aliphatic carbocycles. The fraction of sp³-hybridized carbons (Fsp3) is 0.303. The van der Waals surface area contributed by atoms with E-state index in [0.29, 0.717) is 16.8 Å². The van der Waals surface area contributed by atoms with Gasteiger partial charge in [-0.3, -0.25) is 0 Å². The van der Waals surface area contributed by atoms with E-state index in [1.165, 1.54) is 16.8 Å². The Kier molecular flexibility index (Phi) is 10.0. The predicted octanol–water partition coefficient (Wildman–Crippen LogP) is 3.43. The minimum atomic E-state index is -0.858. The van der Waals surface area contributed by atoms with Gasteiger partial charge in [0, 0.05) is 0 Å². The molecule has 0 bridgehead atoms. The Balaban J connectivity index is 1.40. The van der Waals surface area contributed by atoms with Crippen LogP contribution in [0.5, 0.6) is 11.5 Å². The zero-order chi connectivity index (χ0) is 31.1. The second-order valence-electron chi connectivity index (χ2n) is 10.3. The van der Waals surface area contributed by atoms with E-state index in [2.05, 4.69) is 11.1 Å². The number of methoxy groups -OCH3 is 2. The number of aromatic amines is 1. The summed E-state index contributed by atoms with van der Waals surface area (Å²) >= 11 is -0.463. The molecule has 2 heterocycles. The van der Waals surface area contributed by atoms with Gasteiger partial charge >= 0.3 is 262 Å². The van der Waals surface area contributed by atoms with Crippen molar-refractivity contribution in [3.8, 4) is 17.6 Å². The summed E-state index contributed by atoms with van der Waals surface area (Å²) in [5, 5.41) is 21.8. The summed E-state index contributed by atoms with van der Waals surface area (Å²) in [4.78, 5) is 25.8. The molecule has 1 aliphatic rings. The normalized spacial score (nSPS) is 18.8. The van der Waals surface area contributed by atoms with Gasteiger partial charge in [-0.1, -0.05) is 0 Å². The van der Waals surface area contributed by atoms with E-state index in [0.717, 1.165) is 16.7 Å². The summed E-state index contributed by atoms with van der Waals surface area (Å²) in [6.07, 6.45) is -0.713. The molecule has 5 rings (SSSR count). The van der Waals surface area contributed by atoms with Gasteiger partial charge in [0.25, 0.3) is 0 Å². The van der Waals surface area contributed by atoms with Crippen LogP contribution < -0.4 is 20.7 Å². The molecule has 2 N–H and O–H groups in total. The van der Waals surface area contributed by atoms with Gasteiger partial charge in [-0.15, -0.1) is 0 Å². The zero-order valence-electron chi connectivity index (χ0n) is 24.3. The van der Waals surface area contributed by atoms with Crippen LogP contribution in [-0.2, 0) is 14.0 Å². The van der Waals surface area contributed by atoms with Crippen molar-refractivity contribution in [3.05, 3.63) is 129 Å². The number of aromatic nitrogens is 2. The van der Waals surface area contributed by atoms with Crippen molar-refractivity contribution in [2.24, 2.45) is 5.92 Å². The van der Waals surface area contributed by atoms with Crippen molar-refractivity contribution >= 4 is 15.3 Å². The number of hydrogen-bond acceptors (Lipinski definition) is 8. The van der Waals surface area contributed by atoms with Crippen molar-refractivity contribution in [2.75, 3.05) is 20.8 Å². The van der Waals surface area contributed by atoms with Gasteiger partial charge in [0.2, 0.25) is 0 Å². The zero-order valence-corrected chi connectivity index (χ0v) is 26.0. The van der Waals surface area contributed by atoms with E-state index in [4.69, 9.17) is 18.0 Å². The molecular formula is C33H33N3O7Se. The second-order valence-corrected chi connectivity index (χ2v) is 12.0. The Labute approximate surface area is 261 Å². The minimum absolute atomic E-state index is 0.0946. The molecule has 0 spiro atoms. The van der Waals surface area contributed by atoms with E-state index in [1.807, 2.05) is 78.9 Å². The van der Waals surface area contributed by atoms with E-state index in [1.54, 1.807) is 14.2 Å². The van der Waals surface area contributed by atoms with E-state index in [9.17, 15) is 20.0 Å². The molecule has 10 nitrogen and oxygen atoms in total. The standard InChI is InChI=1S/C33H33N3O7Se/c1-40-26-12-8-23(9-13-26)33(22-6-4-3-5-7-22,24-10-14-27(41-2)15-11-24)25(19-34)21-44-42-20-29-28(37)18-31(43-29)36-17-16-30(38)35-32(36)39/h3-17,25,28-29,31,37H,18,20-21H2,1-2H3,(H,35,38,39)/t25?,28?,29-,31-/m0/s1. The first kappa shape index (κ1) is 31.3. The first-order valence-corrected chi connectivity index (χ1v) is 16.0. The van der Waals surface area contributed by atoms with Crippen molar-refractivity contribution < 1.29 is 23.1 Å². The van der Waals surface area contributed by atoms with Crippen LogP contribution >= 0.6 is 0 Å². The van der Waals surface area contributed by atoms with Crippen LogP contribution in [-0.4, -0.2) is 63.0 Å². The van der Waals surface area contributed by atoms with Crippen LogP contribution in [0, 0.1) is 17.2 Å². The van der Waals surface area contributed by atoms with Crippen LogP contribution in [0.15, 0.2) is 101 Å². The van der Waals surface area contributed by atoms with E-state index >= 15 is 0 Å². The Hall–Kier alpha value is -4.17. The van der Waals surface area contributed by atoms with Gasteiger partial charge in [0.05, 0.1) is 0 Å². The molecule has 1 fully saturated rings. The second kappa shape index (κ2) is 14.1. The molecule has 4 aromatic rings. The number of aliphatic hydroxyl groups excluding tert-OH is 1. The first-order valence-electron chi connectivity index (χ1n) is 14.0. The van der Waals surface area contributed by atoms with Crippen LogP contribution in [0.4, 0.5) is 0 Å². The van der Waals surface area contributed by atoms with Crippen molar-refractivity contribution in [2.45, 2.75) is 35.6 Å². The number of H-pyrrole nitrogens is 1. The number of nitriles is 1. The van der Waals surface area contributed by atoms with Crippen molar-refractivity contribution in [1.29, 1.82) is 5.26 Å². The van der Waals surface area contributed by atoms with Crippen LogP contribution in [0.2, 0.25) is 5.32 Å². The summed E-state index contributed by atoms with van der Waals surface area (Å²) in [6.45, 7) is 0.0946. The number of benzene rings is 3. The first-order chi connectivity index (χ1) is 21.4. The van der Waals surface area contributed by atoms with Gasteiger partial charge in [0.1, 0.15) is 0 Å². The number of rotatable bonds is 12. The Morgan fingerprint density at radius 3 is 2.11 bits per heavy atom. The van der Waals surface area contributed by atoms with Crippen LogP contribution in [0.1, 0.15) is 29.3 Å². The fourth-order valence-electron chi connectivity index (χ4n) is 5.69. The quantitative estimate of drug-likeness (QED) is 0.134. The maximum atomic E-state index is 12.2. The van der Waals surface area contributed by atoms with Crippen molar-refractivity contribution in [3.63, 3.8) is 0 Å². The third-order valence-corrected chi connectivity index (χ3v) is 9.53. The molecule has 1 saturated heterocycles. The summed E-state index contributed by atoms with van der Waals surface area (Å²) in [6, 6.07) is 29.4. The van der Waals surface area contributed by atoms with Crippen molar-refractivity contribution in [1.82, 2.24) is 9.55 Å². The molecule has 0 saturated carbocycles. The Morgan fingerprint density at radius 2 is 1.57 bits per heavy atom. The molecule has 3 aromatic carbocycles. The Bertz CT molecular complexity index is 1640. The number of hydrogen-bond donors (Lipinski definition) is 2. The van der Waals surface area contributed by atoms with Gasteiger partial charge in [-0.25, -0.2) is 0 Å². The third kappa shape index (κ3) is 6.36. The van der Waals surface area contributed by atoms with E-state index < -0.39 is 56.3 Å². The topological polar surface area (TPSA) is 136 Å². The van der Waals surface area contributed by atoms with E-state index in [-0.39, 0.29) is 13.0 Å². The molecular weight excluding hydrogens is 629 g/mol. The average Bonchev–Trinajstić information content (AvgIpc) is 3.42. The molecule has 2 unspecified atom stereocenters. The van der Waals surface area contributed by atoms with Gasteiger partial charge in [0.15, 0.2) is 0 Å². The van der Waals surface area contributed by atoms with Gasteiger partial charge in [-0.05, 0) is 0 Å². The summed E-state index contributed by atoms with van der Waals surface area (Å²) in [7, 11) is 3.24. The summed E-state index contributed by atoms with van der Waals surface area (Å²) in [5.74, 6) is 0.890. The molecule has 0 amide bonds. The number of nitrogens with one attached hydrogen (secondary N) is 1. The van der Waals surface area contributed by atoms with Crippen LogP contribution in [0.25, 0.3) is 0 Å². The summed E-state index contributed by atoms with van der Waals surface area (Å²) < 4.78 is 24.1. The van der Waals surface area contributed by atoms with Gasteiger partial charge < -0.3 is 0 Å². The maximum absolute atomic E-state index is 12.2. The predicted molar refractivity (Wildman–Crippen MR) is 164 cm³/mol. The average molecular weight is 663 g/mol. The third-order valence-electron chi connectivity index (χ3n) is 7.91. The molecule has 228 valence electrons. The molecule has 0 radical (unpaired) electrons. The number of aliphatic hydroxyl groups is 1. The fourth-order valence-corrected chi connectivity index (χ4v) is 7.34. The van der Waals surface area contributed by atoms with Crippen LogP contribution in [0.3, 0.4) is 0 Å². The molecule has 44 heavy (non-hydrogen) atoms. The number of nitrogens with zero attached hydrogens (tertiary/aromatic N) is 2. The Morgan fingerprint density at radius 1 is 0.977 bits per heavy atom. The molecule has 11 heteroatoms. The number of ether oxygens (including phenoxy) is 3. The van der Waals surface area contributed by atoms with Gasteiger partial charge in [-0.2, -0.15) is 0 Å². The summed E-state index contributed by atoms with van der Waals surface area (Å²) in [5.41, 5.74) is 0.865. The molecule has 4 atom stereocenters. The molecule has 1 aromatic heterocycles.